The van der Waals surface area contributed by atoms with Crippen molar-refractivity contribution in [2.45, 2.75) is 45.5 Å². The van der Waals surface area contributed by atoms with Crippen molar-refractivity contribution in [1.82, 2.24) is 10.6 Å². The number of alkyl halides is 3. The molecule has 0 saturated carbocycles. The van der Waals surface area contributed by atoms with Gasteiger partial charge in [0.05, 0.1) is 6.61 Å². The van der Waals surface area contributed by atoms with Gasteiger partial charge in [0.1, 0.15) is 11.4 Å². The van der Waals surface area contributed by atoms with Gasteiger partial charge in [0.2, 0.25) is 0 Å². The fourth-order valence-corrected chi connectivity index (χ4v) is 2.70. The van der Waals surface area contributed by atoms with Gasteiger partial charge in [-0.3, -0.25) is 4.79 Å². The van der Waals surface area contributed by atoms with Gasteiger partial charge < -0.3 is 20.1 Å². The number of hydrogen-bond donors (Lipinski definition) is 2. The molecule has 6 nitrogen and oxygen atoms in total. The second kappa shape index (κ2) is 10.9. The Hall–Kier alpha value is -3.23. The molecule has 0 bridgehead atoms. The Morgan fingerprint density at radius 1 is 0.969 bits per heavy atom. The summed E-state index contributed by atoms with van der Waals surface area (Å²) in [5.74, 6) is -1.46. The number of rotatable bonds is 8. The molecule has 0 fully saturated rings. The Balaban J connectivity index is 2.04. The van der Waals surface area contributed by atoms with Gasteiger partial charge in [0.15, 0.2) is 0 Å². The van der Waals surface area contributed by atoms with E-state index in [2.05, 4.69) is 5.32 Å². The van der Waals surface area contributed by atoms with Crippen LogP contribution in [0.1, 0.15) is 32.8 Å². The zero-order chi connectivity index (χ0) is 23.8. The summed E-state index contributed by atoms with van der Waals surface area (Å²) in [5, 5.41) is 4.49. The number of benzene rings is 2. The standard InChI is InChI=1S/C23H27F3N2O4/c1-22(2,3)32-21(30)28-15-16-10-11-18(17-8-5-4-6-9-17)19(14-16)31-13-7-12-27-20(29)23(24,25)26/h4-6,8-11,14H,7,12-13,15H2,1-3H3,(H,27,29)(H,28,30). The molecule has 174 valence electrons. The number of carbonyl (C=O) groups excluding carboxylic acids is 2. The molecule has 0 spiro atoms. The molecule has 32 heavy (non-hydrogen) atoms. The molecule has 2 aromatic rings. The molecule has 2 amide bonds. The van der Waals surface area contributed by atoms with Gasteiger partial charge in [-0.1, -0.05) is 42.5 Å². The summed E-state index contributed by atoms with van der Waals surface area (Å²) in [7, 11) is 0. The lowest BCUT2D eigenvalue weighted by molar-refractivity contribution is -0.173. The highest BCUT2D eigenvalue weighted by Crippen LogP contribution is 2.31. The first-order valence-corrected chi connectivity index (χ1v) is 10.1. The molecule has 2 aromatic carbocycles. The molecular formula is C23H27F3N2O4. The fraction of sp³-hybridized carbons (Fsp3) is 0.391. The maximum atomic E-state index is 12.2. The smallest absolute Gasteiger partial charge is 0.471 e. The molecular weight excluding hydrogens is 425 g/mol. The van der Waals surface area contributed by atoms with E-state index in [1.165, 1.54) is 0 Å². The van der Waals surface area contributed by atoms with Crippen LogP contribution in [0.3, 0.4) is 0 Å². The maximum Gasteiger partial charge on any atom is 0.471 e. The summed E-state index contributed by atoms with van der Waals surface area (Å²) in [5.41, 5.74) is 1.85. The third-order valence-corrected chi connectivity index (χ3v) is 4.09. The first-order chi connectivity index (χ1) is 15.0. The van der Waals surface area contributed by atoms with Crippen LogP contribution < -0.4 is 15.4 Å². The van der Waals surface area contributed by atoms with E-state index >= 15 is 0 Å². The van der Waals surface area contributed by atoms with E-state index < -0.39 is 23.8 Å². The maximum absolute atomic E-state index is 12.2. The lowest BCUT2D eigenvalue weighted by atomic mass is 10.0. The van der Waals surface area contributed by atoms with Crippen LogP contribution in [-0.4, -0.2) is 36.9 Å². The van der Waals surface area contributed by atoms with Gasteiger partial charge in [-0.25, -0.2) is 4.79 Å². The lowest BCUT2D eigenvalue weighted by Crippen LogP contribution is -2.37. The number of amides is 2. The largest absolute Gasteiger partial charge is 0.493 e. The zero-order valence-electron chi connectivity index (χ0n) is 18.2. The van der Waals surface area contributed by atoms with Gasteiger partial charge in [0.25, 0.3) is 0 Å². The van der Waals surface area contributed by atoms with E-state index in [4.69, 9.17) is 9.47 Å². The van der Waals surface area contributed by atoms with Gasteiger partial charge in [-0.2, -0.15) is 13.2 Å². The van der Waals surface area contributed by atoms with E-state index in [0.717, 1.165) is 16.7 Å². The number of ether oxygens (including phenoxy) is 2. The Morgan fingerprint density at radius 2 is 1.66 bits per heavy atom. The third-order valence-electron chi connectivity index (χ3n) is 4.09. The molecule has 0 radical (unpaired) electrons. The van der Waals surface area contributed by atoms with Crippen LogP contribution in [0, 0.1) is 0 Å². The molecule has 0 unspecified atom stereocenters. The van der Waals surface area contributed by atoms with E-state index in [1.807, 2.05) is 47.8 Å². The summed E-state index contributed by atoms with van der Waals surface area (Å²) in [6, 6.07) is 14.9. The summed E-state index contributed by atoms with van der Waals surface area (Å²) in [4.78, 5) is 22.8. The predicted octanol–water partition coefficient (Wildman–Crippen LogP) is 4.83. The van der Waals surface area contributed by atoms with E-state index in [1.54, 1.807) is 26.8 Å². The van der Waals surface area contributed by atoms with Gasteiger partial charge in [-0.15, -0.1) is 0 Å². The first kappa shape index (κ1) is 25.0. The van der Waals surface area contributed by atoms with Crippen LogP contribution >= 0.6 is 0 Å². The molecule has 0 atom stereocenters. The van der Waals surface area contributed by atoms with Crippen LogP contribution in [0.15, 0.2) is 48.5 Å². The zero-order valence-corrected chi connectivity index (χ0v) is 18.2. The van der Waals surface area contributed by atoms with Gasteiger partial charge >= 0.3 is 18.2 Å². The second-order valence-electron chi connectivity index (χ2n) is 8.01. The minimum atomic E-state index is -4.91. The number of carbonyl (C=O) groups is 2. The molecule has 2 rings (SSSR count). The molecule has 2 N–H and O–H groups in total. The minimum absolute atomic E-state index is 0.0981. The molecule has 0 heterocycles. The minimum Gasteiger partial charge on any atom is -0.493 e. The van der Waals surface area contributed by atoms with Crippen LogP contribution in [0.4, 0.5) is 18.0 Å². The van der Waals surface area contributed by atoms with E-state index in [0.29, 0.717) is 5.75 Å². The van der Waals surface area contributed by atoms with Crippen molar-refractivity contribution in [1.29, 1.82) is 0 Å². The quantitative estimate of drug-likeness (QED) is 0.563. The average Bonchev–Trinajstić information content (AvgIpc) is 2.70. The van der Waals surface area contributed by atoms with Crippen LogP contribution in [-0.2, 0) is 16.1 Å². The Bertz CT molecular complexity index is 910. The van der Waals surface area contributed by atoms with Gasteiger partial charge in [0, 0.05) is 18.7 Å². The molecule has 0 aliphatic carbocycles. The number of halogens is 3. The summed E-state index contributed by atoms with van der Waals surface area (Å²) in [6.07, 6.45) is -5.26. The van der Waals surface area contributed by atoms with Crippen molar-refractivity contribution >= 4 is 12.0 Å². The third kappa shape index (κ3) is 8.49. The molecule has 0 aromatic heterocycles. The Labute approximate surface area is 185 Å². The normalized spacial score (nSPS) is 11.6. The van der Waals surface area contributed by atoms with Crippen molar-refractivity contribution in [3.63, 3.8) is 0 Å². The van der Waals surface area contributed by atoms with Crippen molar-refractivity contribution in [3.8, 4) is 16.9 Å². The predicted molar refractivity (Wildman–Crippen MR) is 114 cm³/mol. The highest BCUT2D eigenvalue weighted by atomic mass is 19.4. The second-order valence-corrected chi connectivity index (χ2v) is 8.01. The summed E-state index contributed by atoms with van der Waals surface area (Å²) < 4.78 is 47.8. The average molecular weight is 452 g/mol. The van der Waals surface area contributed by atoms with Crippen molar-refractivity contribution in [2.75, 3.05) is 13.2 Å². The molecule has 0 aliphatic rings. The SMILES string of the molecule is CC(C)(C)OC(=O)NCc1ccc(-c2ccccc2)c(OCCCNC(=O)C(F)(F)F)c1. The summed E-state index contributed by atoms with van der Waals surface area (Å²) in [6.45, 7) is 5.45. The number of alkyl carbamates (subject to hydrolysis) is 1. The number of nitrogens with one attached hydrogen (secondary N) is 2. The van der Waals surface area contributed by atoms with Crippen LogP contribution in [0.2, 0.25) is 0 Å². The van der Waals surface area contributed by atoms with Crippen molar-refractivity contribution in [3.05, 3.63) is 54.1 Å². The lowest BCUT2D eigenvalue weighted by Gasteiger charge is -2.20. The Kier molecular flexibility index (Phi) is 8.51. The molecule has 9 heteroatoms. The van der Waals surface area contributed by atoms with Crippen LogP contribution in [0.5, 0.6) is 5.75 Å². The highest BCUT2D eigenvalue weighted by molar-refractivity contribution is 5.81. The topological polar surface area (TPSA) is 76.7 Å². The molecule has 0 aliphatic heterocycles. The Morgan fingerprint density at radius 3 is 2.28 bits per heavy atom. The number of hydrogen-bond acceptors (Lipinski definition) is 4. The summed E-state index contributed by atoms with van der Waals surface area (Å²) >= 11 is 0. The van der Waals surface area contributed by atoms with Crippen molar-refractivity contribution < 1.29 is 32.2 Å². The first-order valence-electron chi connectivity index (χ1n) is 10.1. The van der Waals surface area contributed by atoms with E-state index in [-0.39, 0.29) is 26.1 Å². The fourth-order valence-electron chi connectivity index (χ4n) is 2.70. The molecule has 0 saturated heterocycles. The van der Waals surface area contributed by atoms with Crippen LogP contribution in [0.25, 0.3) is 11.1 Å². The van der Waals surface area contributed by atoms with E-state index in [9.17, 15) is 22.8 Å². The van der Waals surface area contributed by atoms with Crippen molar-refractivity contribution in [2.24, 2.45) is 0 Å². The highest BCUT2D eigenvalue weighted by Gasteiger charge is 2.38. The van der Waals surface area contributed by atoms with Gasteiger partial charge in [-0.05, 0) is 44.4 Å². The monoisotopic (exact) mass is 452 g/mol.